The molecule has 3 N–H and O–H groups in total. The number of halogens is 2. The molecule has 1 aromatic carbocycles. The number of hydrogen-bond donors (Lipinski definition) is 2. The molecule has 2 atom stereocenters. The number of nitrogens with one attached hydrogen (secondary N) is 1. The van der Waals surface area contributed by atoms with Gasteiger partial charge in [0.25, 0.3) is 0 Å². The molecule has 5 heteroatoms. The lowest BCUT2D eigenvalue weighted by molar-refractivity contribution is -0.125. The molecule has 2 rings (SSSR count). The summed E-state index contributed by atoms with van der Waals surface area (Å²) in [6.45, 7) is 5.91. The van der Waals surface area contributed by atoms with E-state index in [0.717, 1.165) is 29.0 Å². The maximum absolute atomic E-state index is 12.2. The summed E-state index contributed by atoms with van der Waals surface area (Å²) in [6, 6.07) is 5.38. The summed E-state index contributed by atoms with van der Waals surface area (Å²) in [5.74, 6) is -0.0923. The van der Waals surface area contributed by atoms with Gasteiger partial charge in [0.1, 0.15) is 0 Å². The van der Waals surface area contributed by atoms with Crippen LogP contribution in [0.1, 0.15) is 44.4 Å². The van der Waals surface area contributed by atoms with Crippen molar-refractivity contribution in [1.82, 2.24) is 5.32 Å². The number of nitrogens with two attached hydrogens (primary N) is 1. The van der Waals surface area contributed by atoms with Crippen LogP contribution in [0.2, 0.25) is 5.02 Å². The Hall–Kier alpha value is -0.770. The van der Waals surface area contributed by atoms with Crippen molar-refractivity contribution in [1.29, 1.82) is 0 Å². The molecule has 0 fully saturated rings. The molecule has 0 saturated carbocycles. The van der Waals surface area contributed by atoms with Crippen LogP contribution in [0.3, 0.4) is 0 Å². The molecular formula is C15H22Cl2N2O. The second-order valence-corrected chi connectivity index (χ2v) is 6.66. The first kappa shape index (κ1) is 17.3. The fourth-order valence-corrected chi connectivity index (χ4v) is 2.69. The Morgan fingerprint density at radius 2 is 2.10 bits per heavy atom. The Kier molecular flexibility index (Phi) is 5.47. The summed E-state index contributed by atoms with van der Waals surface area (Å²) < 4.78 is 0. The molecule has 1 amide bonds. The minimum absolute atomic E-state index is 0. The maximum atomic E-state index is 12.2. The molecule has 0 saturated heterocycles. The van der Waals surface area contributed by atoms with E-state index >= 15 is 0 Å². The predicted octanol–water partition coefficient (Wildman–Crippen LogP) is 3.24. The van der Waals surface area contributed by atoms with Gasteiger partial charge in [-0.2, -0.15) is 0 Å². The Morgan fingerprint density at radius 1 is 1.45 bits per heavy atom. The normalized spacial score (nSPS) is 18.9. The van der Waals surface area contributed by atoms with Crippen molar-refractivity contribution in [2.24, 2.45) is 11.1 Å². The molecular weight excluding hydrogens is 295 g/mol. The van der Waals surface area contributed by atoms with E-state index in [0.29, 0.717) is 0 Å². The highest BCUT2D eigenvalue weighted by Gasteiger charge is 2.31. The van der Waals surface area contributed by atoms with E-state index in [1.54, 1.807) is 0 Å². The molecule has 1 aliphatic carbocycles. The average Bonchev–Trinajstić information content (AvgIpc) is 2.72. The molecule has 1 aromatic rings. The molecule has 20 heavy (non-hydrogen) atoms. The average molecular weight is 317 g/mol. The van der Waals surface area contributed by atoms with E-state index in [2.05, 4.69) is 5.32 Å². The first-order valence-corrected chi connectivity index (χ1v) is 7.01. The Bertz CT molecular complexity index is 497. The van der Waals surface area contributed by atoms with Crippen LogP contribution in [-0.2, 0) is 11.2 Å². The predicted molar refractivity (Wildman–Crippen MR) is 85.3 cm³/mol. The van der Waals surface area contributed by atoms with Crippen LogP contribution in [0, 0.1) is 5.41 Å². The van der Waals surface area contributed by atoms with Crippen LogP contribution < -0.4 is 11.1 Å². The summed E-state index contributed by atoms with van der Waals surface area (Å²) >= 11 is 6.17. The fourth-order valence-electron chi connectivity index (χ4n) is 2.41. The van der Waals surface area contributed by atoms with E-state index in [-0.39, 0.29) is 29.8 Å². The number of rotatable bonds is 2. The van der Waals surface area contributed by atoms with Gasteiger partial charge in [-0.05, 0) is 35.4 Å². The van der Waals surface area contributed by atoms with E-state index in [1.807, 2.05) is 39.0 Å². The summed E-state index contributed by atoms with van der Waals surface area (Å²) in [4.78, 5) is 12.2. The van der Waals surface area contributed by atoms with Crippen molar-refractivity contribution in [2.75, 3.05) is 0 Å². The van der Waals surface area contributed by atoms with Crippen molar-refractivity contribution in [3.05, 3.63) is 34.3 Å². The third-order valence-corrected chi connectivity index (χ3v) is 4.10. The van der Waals surface area contributed by atoms with E-state index in [1.165, 1.54) is 0 Å². The van der Waals surface area contributed by atoms with E-state index in [4.69, 9.17) is 17.3 Å². The number of carbonyl (C=O) groups excluding carboxylic acids is 1. The highest BCUT2D eigenvalue weighted by atomic mass is 35.5. The van der Waals surface area contributed by atoms with Gasteiger partial charge in [0.15, 0.2) is 0 Å². The standard InChI is InChI=1S/C15H21ClN2O.ClH/c1-15(2,3)13(17)14(19)18-12-8-7-9-10(12)5-4-6-11(9)16;/h4-6,12-13H,7-8,17H2,1-3H3,(H,18,19);1H/t12?,13-;/m1./s1. The molecule has 1 unspecified atom stereocenters. The van der Waals surface area contributed by atoms with Crippen molar-refractivity contribution >= 4 is 29.9 Å². The maximum Gasteiger partial charge on any atom is 0.237 e. The molecule has 0 bridgehead atoms. The zero-order valence-electron chi connectivity index (χ0n) is 12.1. The minimum Gasteiger partial charge on any atom is -0.348 e. The van der Waals surface area contributed by atoms with Crippen LogP contribution in [0.15, 0.2) is 18.2 Å². The van der Waals surface area contributed by atoms with Crippen LogP contribution >= 0.6 is 24.0 Å². The quantitative estimate of drug-likeness (QED) is 0.880. The summed E-state index contributed by atoms with van der Waals surface area (Å²) in [5.41, 5.74) is 8.03. The minimum atomic E-state index is -0.504. The first-order chi connectivity index (χ1) is 8.80. The third kappa shape index (κ3) is 3.46. The second-order valence-electron chi connectivity index (χ2n) is 6.25. The van der Waals surface area contributed by atoms with Gasteiger partial charge in [-0.15, -0.1) is 12.4 Å². The van der Waals surface area contributed by atoms with Gasteiger partial charge < -0.3 is 11.1 Å². The summed E-state index contributed by atoms with van der Waals surface area (Å²) in [5, 5.41) is 3.83. The molecule has 0 spiro atoms. The molecule has 0 aromatic heterocycles. The smallest absolute Gasteiger partial charge is 0.237 e. The lowest BCUT2D eigenvalue weighted by Gasteiger charge is -2.27. The molecule has 1 aliphatic rings. The number of fused-ring (bicyclic) bond motifs is 1. The molecule has 3 nitrogen and oxygen atoms in total. The van der Waals surface area contributed by atoms with Crippen LogP contribution in [0.5, 0.6) is 0 Å². The van der Waals surface area contributed by atoms with Crippen molar-refractivity contribution in [3.8, 4) is 0 Å². The Labute approximate surface area is 131 Å². The van der Waals surface area contributed by atoms with Gasteiger partial charge in [-0.3, -0.25) is 4.79 Å². The largest absolute Gasteiger partial charge is 0.348 e. The Morgan fingerprint density at radius 3 is 2.70 bits per heavy atom. The van der Waals surface area contributed by atoms with Crippen LogP contribution in [0.25, 0.3) is 0 Å². The van der Waals surface area contributed by atoms with Gasteiger partial charge >= 0.3 is 0 Å². The van der Waals surface area contributed by atoms with E-state index in [9.17, 15) is 4.79 Å². The summed E-state index contributed by atoms with van der Waals surface area (Å²) in [6.07, 6.45) is 1.80. The summed E-state index contributed by atoms with van der Waals surface area (Å²) in [7, 11) is 0. The number of amides is 1. The Balaban J connectivity index is 0.00000200. The number of benzene rings is 1. The molecule has 112 valence electrons. The van der Waals surface area contributed by atoms with Crippen molar-refractivity contribution < 1.29 is 4.79 Å². The van der Waals surface area contributed by atoms with Gasteiger partial charge in [0.05, 0.1) is 12.1 Å². The molecule has 0 radical (unpaired) electrons. The monoisotopic (exact) mass is 316 g/mol. The lowest BCUT2D eigenvalue weighted by Crippen LogP contribution is -2.49. The highest BCUT2D eigenvalue weighted by Crippen LogP contribution is 2.35. The van der Waals surface area contributed by atoms with Crippen LogP contribution in [-0.4, -0.2) is 11.9 Å². The highest BCUT2D eigenvalue weighted by molar-refractivity contribution is 6.31. The molecule has 0 aliphatic heterocycles. The second kappa shape index (κ2) is 6.33. The van der Waals surface area contributed by atoms with Gasteiger partial charge in [0.2, 0.25) is 5.91 Å². The zero-order chi connectivity index (χ0) is 14.2. The molecule has 0 heterocycles. The fraction of sp³-hybridized carbons (Fsp3) is 0.533. The topological polar surface area (TPSA) is 55.1 Å². The van der Waals surface area contributed by atoms with Crippen LogP contribution in [0.4, 0.5) is 0 Å². The zero-order valence-corrected chi connectivity index (χ0v) is 13.6. The van der Waals surface area contributed by atoms with Gasteiger partial charge in [-0.1, -0.05) is 44.5 Å². The first-order valence-electron chi connectivity index (χ1n) is 6.64. The number of carbonyl (C=O) groups is 1. The van der Waals surface area contributed by atoms with Crippen molar-refractivity contribution in [3.63, 3.8) is 0 Å². The third-order valence-electron chi connectivity index (χ3n) is 3.75. The van der Waals surface area contributed by atoms with Gasteiger partial charge in [0, 0.05) is 5.02 Å². The van der Waals surface area contributed by atoms with E-state index < -0.39 is 6.04 Å². The van der Waals surface area contributed by atoms with Crippen molar-refractivity contribution in [2.45, 2.75) is 45.7 Å². The van der Waals surface area contributed by atoms with Gasteiger partial charge in [-0.25, -0.2) is 0 Å². The SMILES string of the molecule is CC(C)(C)[C@H](N)C(=O)NC1CCc2c(Cl)cccc21.Cl. The lowest BCUT2D eigenvalue weighted by atomic mass is 9.86. The number of hydrogen-bond acceptors (Lipinski definition) is 2.